The Morgan fingerprint density at radius 1 is 1.25 bits per heavy atom. The van der Waals surface area contributed by atoms with Crippen LogP contribution < -0.4 is 14.2 Å². The van der Waals surface area contributed by atoms with Gasteiger partial charge in [0, 0.05) is 12.3 Å². The van der Waals surface area contributed by atoms with E-state index in [2.05, 4.69) is 20.9 Å². The van der Waals surface area contributed by atoms with Crippen LogP contribution in [0, 0.1) is 0 Å². The van der Waals surface area contributed by atoms with E-state index in [4.69, 9.17) is 14.2 Å². The zero-order chi connectivity index (χ0) is 17.1. The molecule has 2 aromatic rings. The average molecular weight is 393 g/mol. The molecule has 0 N–H and O–H groups in total. The summed E-state index contributed by atoms with van der Waals surface area (Å²) in [5.41, 5.74) is 0.510. The Morgan fingerprint density at radius 2 is 2.04 bits per heavy atom. The van der Waals surface area contributed by atoms with Crippen LogP contribution in [-0.4, -0.2) is 49.2 Å². The van der Waals surface area contributed by atoms with Gasteiger partial charge >= 0.3 is 0 Å². The van der Waals surface area contributed by atoms with Crippen LogP contribution in [0.2, 0.25) is 0 Å². The van der Waals surface area contributed by atoms with Crippen molar-refractivity contribution in [2.24, 2.45) is 0 Å². The first-order valence-electron chi connectivity index (χ1n) is 7.41. The summed E-state index contributed by atoms with van der Waals surface area (Å²) in [4.78, 5) is 18.5. The number of carbonyl (C=O) groups is 1. The molecule has 0 atom stereocenters. The Kier molecular flexibility index (Phi) is 4.89. The highest BCUT2D eigenvalue weighted by molar-refractivity contribution is 9.10. The fraction of sp³-hybridized carbons (Fsp3) is 0.294. The standard InChI is InChI=1S/C17H17BrN2O4/c1-22-11-5-6-13(15(8-11)23-2)17(21)20-9-12(10-20)24-16-14(18)4-3-7-19-16/h3-8,12H,9-10H2,1-2H3. The van der Waals surface area contributed by atoms with Gasteiger partial charge in [-0.05, 0) is 40.2 Å². The lowest BCUT2D eigenvalue weighted by molar-refractivity contribution is 0.0154. The van der Waals surface area contributed by atoms with E-state index in [-0.39, 0.29) is 12.0 Å². The van der Waals surface area contributed by atoms with Gasteiger partial charge < -0.3 is 19.1 Å². The number of hydrogen-bond acceptors (Lipinski definition) is 5. The maximum atomic E-state index is 12.6. The van der Waals surface area contributed by atoms with E-state index in [0.717, 1.165) is 4.47 Å². The topological polar surface area (TPSA) is 60.9 Å². The van der Waals surface area contributed by atoms with Gasteiger partial charge in [0.15, 0.2) is 0 Å². The van der Waals surface area contributed by atoms with Crippen LogP contribution in [-0.2, 0) is 0 Å². The number of carbonyl (C=O) groups excluding carboxylic acids is 1. The molecule has 24 heavy (non-hydrogen) atoms. The molecule has 2 heterocycles. The molecule has 1 aromatic carbocycles. The van der Waals surface area contributed by atoms with Crippen molar-refractivity contribution >= 4 is 21.8 Å². The van der Waals surface area contributed by atoms with Gasteiger partial charge in [0.05, 0.1) is 37.3 Å². The van der Waals surface area contributed by atoms with E-state index in [1.165, 1.54) is 7.11 Å². The van der Waals surface area contributed by atoms with Crippen molar-refractivity contribution in [1.29, 1.82) is 0 Å². The molecular weight excluding hydrogens is 376 g/mol. The Hall–Kier alpha value is -2.28. The molecule has 3 rings (SSSR count). The maximum absolute atomic E-state index is 12.6. The summed E-state index contributed by atoms with van der Waals surface area (Å²) < 4.78 is 17.0. The molecule has 126 valence electrons. The molecule has 1 aliphatic heterocycles. The number of methoxy groups -OCH3 is 2. The first-order valence-corrected chi connectivity index (χ1v) is 8.20. The molecule has 0 bridgehead atoms. The van der Waals surface area contributed by atoms with Gasteiger partial charge in [-0.2, -0.15) is 0 Å². The Bertz CT molecular complexity index is 747. The molecule has 0 unspecified atom stereocenters. The van der Waals surface area contributed by atoms with Crippen molar-refractivity contribution in [2.45, 2.75) is 6.10 Å². The molecule has 7 heteroatoms. The summed E-state index contributed by atoms with van der Waals surface area (Å²) in [5.74, 6) is 1.59. The molecule has 1 fully saturated rings. The fourth-order valence-corrected chi connectivity index (χ4v) is 2.79. The van der Waals surface area contributed by atoms with Crippen LogP contribution in [0.5, 0.6) is 17.4 Å². The number of halogens is 1. The predicted molar refractivity (Wildman–Crippen MR) is 91.8 cm³/mol. The van der Waals surface area contributed by atoms with E-state index in [9.17, 15) is 4.79 Å². The summed E-state index contributed by atoms with van der Waals surface area (Å²) in [6, 6.07) is 8.85. The molecule has 1 aliphatic rings. The minimum atomic E-state index is -0.0885. The molecule has 0 radical (unpaired) electrons. The second-order valence-corrected chi connectivity index (χ2v) is 6.16. The van der Waals surface area contributed by atoms with Gasteiger partial charge in [0.1, 0.15) is 17.6 Å². The highest BCUT2D eigenvalue weighted by Crippen LogP contribution is 2.29. The second kappa shape index (κ2) is 7.09. The number of ether oxygens (including phenoxy) is 3. The van der Waals surface area contributed by atoms with Crippen LogP contribution in [0.3, 0.4) is 0 Å². The third-order valence-corrected chi connectivity index (χ3v) is 4.38. The van der Waals surface area contributed by atoms with E-state index < -0.39 is 0 Å². The Balaban J connectivity index is 1.64. The third kappa shape index (κ3) is 3.31. The van der Waals surface area contributed by atoms with Crippen molar-refractivity contribution < 1.29 is 19.0 Å². The predicted octanol–water partition coefficient (Wildman–Crippen LogP) is 2.76. The molecular formula is C17H17BrN2O4. The number of rotatable bonds is 5. The number of nitrogens with zero attached hydrogens (tertiary/aromatic N) is 2. The quantitative estimate of drug-likeness (QED) is 0.782. The molecule has 0 spiro atoms. The van der Waals surface area contributed by atoms with Crippen LogP contribution >= 0.6 is 15.9 Å². The van der Waals surface area contributed by atoms with Gasteiger partial charge in [-0.25, -0.2) is 4.98 Å². The summed E-state index contributed by atoms with van der Waals surface area (Å²) in [6.07, 6.45) is 1.61. The second-order valence-electron chi connectivity index (χ2n) is 5.31. The zero-order valence-electron chi connectivity index (χ0n) is 13.4. The lowest BCUT2D eigenvalue weighted by Crippen LogP contribution is -2.56. The van der Waals surface area contributed by atoms with Crippen LogP contribution in [0.1, 0.15) is 10.4 Å². The zero-order valence-corrected chi connectivity index (χ0v) is 14.9. The minimum Gasteiger partial charge on any atom is -0.497 e. The monoisotopic (exact) mass is 392 g/mol. The Labute approximate surface area is 148 Å². The van der Waals surface area contributed by atoms with Gasteiger partial charge in [0.25, 0.3) is 5.91 Å². The van der Waals surface area contributed by atoms with Crippen molar-refractivity contribution in [2.75, 3.05) is 27.3 Å². The lowest BCUT2D eigenvalue weighted by atomic mass is 10.1. The number of benzene rings is 1. The van der Waals surface area contributed by atoms with Crippen molar-refractivity contribution in [1.82, 2.24) is 9.88 Å². The molecule has 1 aromatic heterocycles. The summed E-state index contributed by atoms with van der Waals surface area (Å²) in [6.45, 7) is 1.02. The van der Waals surface area contributed by atoms with Gasteiger partial charge in [-0.1, -0.05) is 0 Å². The normalized spacial score (nSPS) is 14.0. The van der Waals surface area contributed by atoms with Crippen molar-refractivity contribution in [3.8, 4) is 17.4 Å². The smallest absolute Gasteiger partial charge is 0.257 e. The van der Waals surface area contributed by atoms with E-state index in [1.54, 1.807) is 36.4 Å². The van der Waals surface area contributed by atoms with Gasteiger partial charge in [-0.3, -0.25) is 4.79 Å². The maximum Gasteiger partial charge on any atom is 0.257 e. The lowest BCUT2D eigenvalue weighted by Gasteiger charge is -2.38. The Morgan fingerprint density at radius 3 is 2.71 bits per heavy atom. The minimum absolute atomic E-state index is 0.0654. The average Bonchev–Trinajstić information content (AvgIpc) is 2.58. The van der Waals surface area contributed by atoms with Crippen LogP contribution in [0.4, 0.5) is 0 Å². The summed E-state index contributed by atoms with van der Waals surface area (Å²) >= 11 is 3.39. The number of pyridine rings is 1. The molecule has 0 aliphatic carbocycles. The van der Waals surface area contributed by atoms with Crippen LogP contribution in [0.25, 0.3) is 0 Å². The first-order chi connectivity index (χ1) is 11.6. The van der Waals surface area contributed by atoms with Crippen molar-refractivity contribution in [3.05, 3.63) is 46.6 Å². The fourth-order valence-electron chi connectivity index (χ4n) is 2.44. The van der Waals surface area contributed by atoms with E-state index in [0.29, 0.717) is 36.0 Å². The number of hydrogen-bond donors (Lipinski definition) is 0. The number of likely N-dealkylation sites (tertiary alicyclic amines) is 1. The SMILES string of the molecule is COc1ccc(C(=O)N2CC(Oc3ncccc3Br)C2)c(OC)c1. The van der Waals surface area contributed by atoms with Crippen LogP contribution in [0.15, 0.2) is 41.0 Å². The highest BCUT2D eigenvalue weighted by Gasteiger charge is 2.34. The third-order valence-electron chi connectivity index (χ3n) is 3.78. The van der Waals surface area contributed by atoms with Crippen molar-refractivity contribution in [3.63, 3.8) is 0 Å². The van der Waals surface area contributed by atoms with Gasteiger partial charge in [0.2, 0.25) is 5.88 Å². The largest absolute Gasteiger partial charge is 0.497 e. The summed E-state index contributed by atoms with van der Waals surface area (Å²) in [7, 11) is 3.11. The molecule has 1 saturated heterocycles. The summed E-state index contributed by atoms with van der Waals surface area (Å²) in [5, 5.41) is 0. The van der Waals surface area contributed by atoms with Gasteiger partial charge in [-0.15, -0.1) is 0 Å². The number of amides is 1. The molecule has 0 saturated carbocycles. The molecule has 6 nitrogen and oxygen atoms in total. The highest BCUT2D eigenvalue weighted by atomic mass is 79.9. The molecule has 1 amide bonds. The first kappa shape index (κ1) is 16.6. The van der Waals surface area contributed by atoms with E-state index in [1.807, 2.05) is 12.1 Å². The number of aromatic nitrogens is 1. The van der Waals surface area contributed by atoms with E-state index >= 15 is 0 Å².